The topological polar surface area (TPSA) is 85.2 Å². The molecule has 1 heterocycles. The quantitative estimate of drug-likeness (QED) is 0.335. The molecule has 1 aliphatic rings. The van der Waals surface area contributed by atoms with Crippen LogP contribution < -0.4 is 4.74 Å². The average molecular weight is 538 g/mol. The van der Waals surface area contributed by atoms with Gasteiger partial charge in [-0.2, -0.15) is 0 Å². The summed E-state index contributed by atoms with van der Waals surface area (Å²) in [6.45, 7) is 1.83. The first-order chi connectivity index (χ1) is 17.9. The lowest BCUT2D eigenvalue weighted by Gasteiger charge is -2.10. The van der Waals surface area contributed by atoms with E-state index in [0.29, 0.717) is 16.9 Å². The molecule has 1 amide bonds. The van der Waals surface area contributed by atoms with Crippen LogP contribution in [0.5, 0.6) is 5.75 Å². The van der Waals surface area contributed by atoms with Gasteiger partial charge in [0.2, 0.25) is 0 Å². The molecule has 1 N–H and O–H groups in total. The maximum absolute atomic E-state index is 13.5. The lowest BCUT2D eigenvalue weighted by Crippen LogP contribution is -2.14. The number of benzene rings is 3. The molecule has 0 aromatic heterocycles. The van der Waals surface area contributed by atoms with Gasteiger partial charge in [0.1, 0.15) is 34.5 Å². The normalized spacial score (nSPS) is 15.3. The second kappa shape index (κ2) is 11.9. The van der Waals surface area contributed by atoms with Gasteiger partial charge < -0.3 is 14.6 Å². The van der Waals surface area contributed by atoms with E-state index >= 15 is 0 Å². The highest BCUT2D eigenvalue weighted by molar-refractivity contribution is 8.18. The van der Waals surface area contributed by atoms with Crippen LogP contribution in [-0.2, 0) is 16.1 Å². The molecule has 0 atom stereocenters. The van der Waals surface area contributed by atoms with Gasteiger partial charge in [-0.15, -0.1) is 0 Å². The maximum atomic E-state index is 13.5. The first-order valence-electron chi connectivity index (χ1n) is 11.2. The monoisotopic (exact) mass is 537 g/mol. The summed E-state index contributed by atoms with van der Waals surface area (Å²) in [5.41, 5.74) is 1.19. The second-order valence-electron chi connectivity index (χ2n) is 7.71. The molecule has 6 nitrogen and oxygen atoms in total. The van der Waals surface area contributed by atoms with E-state index in [1.54, 1.807) is 67.6 Å². The summed E-state index contributed by atoms with van der Waals surface area (Å²) in [7, 11) is 0. The van der Waals surface area contributed by atoms with E-state index in [2.05, 4.69) is 4.99 Å². The molecule has 0 saturated heterocycles. The fraction of sp³-hybridized carbons (Fsp3) is 0.107. The van der Waals surface area contributed by atoms with Gasteiger partial charge in [-0.05, 0) is 48.9 Å². The molecule has 4 rings (SSSR count). The number of aliphatic hydroxyl groups excluding tert-OH is 1. The van der Waals surface area contributed by atoms with Crippen molar-refractivity contribution >= 4 is 46.4 Å². The largest absolute Gasteiger partial charge is 0.506 e. The fourth-order valence-electron chi connectivity index (χ4n) is 3.44. The van der Waals surface area contributed by atoms with Crippen molar-refractivity contribution in [3.05, 3.63) is 117 Å². The lowest BCUT2D eigenvalue weighted by atomic mass is 10.1. The smallest absolute Gasteiger partial charge is 0.344 e. The number of amides is 1. The third-order valence-electron chi connectivity index (χ3n) is 5.17. The second-order valence-corrected chi connectivity index (χ2v) is 9.15. The average Bonchev–Trinajstić information content (AvgIpc) is 3.18. The molecule has 0 aliphatic carbocycles. The Morgan fingerprint density at radius 3 is 2.59 bits per heavy atom. The van der Waals surface area contributed by atoms with Crippen LogP contribution in [0, 0.1) is 5.82 Å². The number of halogens is 2. The Kier molecular flexibility index (Phi) is 8.43. The number of carbonyl (C=O) groups excluding carboxylic acids is 2. The van der Waals surface area contributed by atoms with Gasteiger partial charge in [0.25, 0.3) is 5.91 Å². The van der Waals surface area contributed by atoms with Crippen molar-refractivity contribution in [1.29, 1.82) is 0 Å². The Morgan fingerprint density at radius 2 is 1.84 bits per heavy atom. The first-order valence-corrected chi connectivity index (χ1v) is 12.4. The van der Waals surface area contributed by atoms with Crippen molar-refractivity contribution in [1.82, 2.24) is 0 Å². The summed E-state index contributed by atoms with van der Waals surface area (Å²) in [4.78, 5) is 29.8. The van der Waals surface area contributed by atoms with Crippen molar-refractivity contribution in [2.45, 2.75) is 13.5 Å². The molecule has 37 heavy (non-hydrogen) atoms. The van der Waals surface area contributed by atoms with Crippen LogP contribution in [0.4, 0.5) is 4.39 Å². The van der Waals surface area contributed by atoms with Crippen LogP contribution in [0.3, 0.4) is 0 Å². The van der Waals surface area contributed by atoms with Crippen molar-refractivity contribution < 1.29 is 28.6 Å². The summed E-state index contributed by atoms with van der Waals surface area (Å²) in [5, 5.41) is 11.1. The number of aliphatic hydroxyl groups is 1. The zero-order valence-corrected chi connectivity index (χ0v) is 21.2. The predicted molar refractivity (Wildman–Crippen MR) is 142 cm³/mol. The molecule has 0 fully saturated rings. The number of hydrogen-bond acceptors (Lipinski definition) is 6. The number of esters is 1. The third-order valence-corrected chi connectivity index (χ3v) is 6.52. The number of hydrogen-bond donors (Lipinski definition) is 1. The molecule has 3 aromatic carbocycles. The van der Waals surface area contributed by atoms with Gasteiger partial charge in [0.15, 0.2) is 0 Å². The van der Waals surface area contributed by atoms with Gasteiger partial charge in [0, 0.05) is 5.56 Å². The Balaban J connectivity index is 1.67. The van der Waals surface area contributed by atoms with Crippen molar-refractivity contribution in [3.8, 4) is 5.75 Å². The standard InChI is InChI=1S/C28H21ClFNO5S/c1-2-35-28(34)24-25(32)23(37-27(24)31-26(33)20-11-4-5-12-21(20)29)15-18-9-3-6-13-22(18)36-16-17-8-7-10-19(30)14-17/h3-15,32H,2,16H2,1H3/b23-15-,31-27?. The van der Waals surface area contributed by atoms with E-state index < -0.39 is 11.9 Å². The van der Waals surface area contributed by atoms with Gasteiger partial charge in [-0.3, -0.25) is 4.79 Å². The molecular formula is C28H21ClFNO5S. The number of thioether (sulfide) groups is 1. The van der Waals surface area contributed by atoms with Crippen LogP contribution in [0.2, 0.25) is 5.02 Å². The molecule has 0 unspecified atom stereocenters. The van der Waals surface area contributed by atoms with E-state index in [-0.39, 0.29) is 50.9 Å². The first kappa shape index (κ1) is 26.2. The van der Waals surface area contributed by atoms with Gasteiger partial charge in [-0.25, -0.2) is 14.2 Å². The van der Waals surface area contributed by atoms with Gasteiger partial charge in [0.05, 0.1) is 22.1 Å². The zero-order chi connectivity index (χ0) is 26.4. The molecule has 188 valence electrons. The minimum absolute atomic E-state index is 0.00900. The minimum atomic E-state index is -0.808. The van der Waals surface area contributed by atoms with Gasteiger partial charge >= 0.3 is 5.97 Å². The Bertz CT molecular complexity index is 1450. The van der Waals surface area contributed by atoms with Crippen molar-refractivity contribution in [3.63, 3.8) is 0 Å². The van der Waals surface area contributed by atoms with E-state index in [1.165, 1.54) is 18.2 Å². The summed E-state index contributed by atoms with van der Waals surface area (Å²) in [6.07, 6.45) is 1.61. The number of para-hydroxylation sites is 1. The van der Waals surface area contributed by atoms with Crippen LogP contribution in [-0.4, -0.2) is 28.6 Å². The Labute approximate surface area is 222 Å². The highest BCUT2D eigenvalue weighted by Crippen LogP contribution is 2.40. The van der Waals surface area contributed by atoms with Crippen LogP contribution in [0.1, 0.15) is 28.4 Å². The SMILES string of the molecule is CCOC(=O)C1=C(O)/C(=C/c2ccccc2OCc2cccc(F)c2)SC1=NC(=O)c1ccccc1Cl. The van der Waals surface area contributed by atoms with Crippen LogP contribution in [0.15, 0.2) is 94.0 Å². The summed E-state index contributed by atoms with van der Waals surface area (Å²) >= 11 is 7.07. The third kappa shape index (κ3) is 6.28. The minimum Gasteiger partial charge on any atom is -0.506 e. The van der Waals surface area contributed by atoms with Crippen LogP contribution >= 0.6 is 23.4 Å². The van der Waals surface area contributed by atoms with Crippen LogP contribution in [0.25, 0.3) is 6.08 Å². The molecular weight excluding hydrogens is 517 g/mol. The number of nitrogens with zero attached hydrogens (tertiary/aromatic N) is 1. The van der Waals surface area contributed by atoms with E-state index in [1.807, 2.05) is 0 Å². The highest BCUT2D eigenvalue weighted by atomic mass is 35.5. The predicted octanol–water partition coefficient (Wildman–Crippen LogP) is 6.76. The van der Waals surface area contributed by atoms with Crippen molar-refractivity contribution in [2.75, 3.05) is 6.61 Å². The summed E-state index contributed by atoms with van der Waals surface area (Å²) in [6, 6.07) is 19.5. The molecule has 0 saturated carbocycles. The lowest BCUT2D eigenvalue weighted by molar-refractivity contribution is -0.138. The number of carbonyl (C=O) groups is 2. The summed E-state index contributed by atoms with van der Waals surface area (Å²) < 4.78 is 24.5. The molecule has 0 radical (unpaired) electrons. The molecule has 9 heteroatoms. The highest BCUT2D eigenvalue weighted by Gasteiger charge is 2.34. The Hall–Kier alpha value is -3.88. The molecule has 0 bridgehead atoms. The molecule has 3 aromatic rings. The van der Waals surface area contributed by atoms with E-state index in [4.69, 9.17) is 21.1 Å². The van der Waals surface area contributed by atoms with E-state index in [9.17, 15) is 19.1 Å². The number of rotatable bonds is 7. The van der Waals surface area contributed by atoms with Gasteiger partial charge in [-0.1, -0.05) is 65.8 Å². The Morgan fingerprint density at radius 1 is 1.08 bits per heavy atom. The molecule has 0 spiro atoms. The van der Waals surface area contributed by atoms with E-state index in [0.717, 1.165) is 11.8 Å². The number of ether oxygens (including phenoxy) is 2. The fourth-order valence-corrected chi connectivity index (χ4v) is 4.66. The molecule has 1 aliphatic heterocycles. The number of aliphatic imine (C=N–C) groups is 1. The van der Waals surface area contributed by atoms with Crippen molar-refractivity contribution in [2.24, 2.45) is 4.99 Å². The maximum Gasteiger partial charge on any atom is 0.344 e. The zero-order valence-electron chi connectivity index (χ0n) is 19.6. The summed E-state index contributed by atoms with van der Waals surface area (Å²) in [5.74, 6) is -1.73.